The monoisotopic (exact) mass is 272 g/mol. The summed E-state index contributed by atoms with van der Waals surface area (Å²) in [6.07, 6.45) is 1.88. The van der Waals surface area contributed by atoms with E-state index in [4.69, 9.17) is 16.2 Å². The molecule has 1 aliphatic heterocycles. The van der Waals surface area contributed by atoms with Crippen molar-refractivity contribution in [3.63, 3.8) is 0 Å². The van der Waals surface area contributed by atoms with Gasteiger partial charge in [-0.1, -0.05) is 6.07 Å². The second kappa shape index (κ2) is 6.27. The number of nitrogen functional groups attached to an aromatic ring is 1. The molecular formula is C13H21ClN2O2. The van der Waals surface area contributed by atoms with Crippen molar-refractivity contribution in [1.29, 1.82) is 0 Å². The lowest BCUT2D eigenvalue weighted by molar-refractivity contribution is 0.0580. The van der Waals surface area contributed by atoms with Gasteiger partial charge in [-0.25, -0.2) is 0 Å². The molecule has 1 aromatic carbocycles. The normalized spacial score (nSPS) is 18.1. The SMILES string of the molecule is Cc1ccc(N)c(O)c1[C@@H](N)C1CCOCC1.Cl. The number of aromatic hydroxyl groups is 1. The van der Waals surface area contributed by atoms with Gasteiger partial charge < -0.3 is 21.3 Å². The summed E-state index contributed by atoms with van der Waals surface area (Å²) in [6.45, 7) is 3.45. The Morgan fingerprint density at radius 1 is 1.33 bits per heavy atom. The van der Waals surface area contributed by atoms with E-state index in [1.54, 1.807) is 6.07 Å². The summed E-state index contributed by atoms with van der Waals surface area (Å²) in [5.41, 5.74) is 14.2. The minimum atomic E-state index is -0.164. The molecule has 1 heterocycles. The Morgan fingerprint density at radius 3 is 2.56 bits per heavy atom. The number of anilines is 1. The predicted molar refractivity (Wildman–Crippen MR) is 75.0 cm³/mol. The van der Waals surface area contributed by atoms with Gasteiger partial charge in [-0.05, 0) is 37.3 Å². The van der Waals surface area contributed by atoms with Crippen LogP contribution in [0.2, 0.25) is 0 Å². The molecule has 1 atom stereocenters. The van der Waals surface area contributed by atoms with E-state index in [1.165, 1.54) is 0 Å². The van der Waals surface area contributed by atoms with Crippen molar-refractivity contribution in [3.8, 4) is 5.75 Å². The van der Waals surface area contributed by atoms with Crippen LogP contribution in [-0.2, 0) is 4.74 Å². The summed E-state index contributed by atoms with van der Waals surface area (Å²) in [5, 5.41) is 10.0. The van der Waals surface area contributed by atoms with Gasteiger partial charge in [0.05, 0.1) is 5.69 Å². The fourth-order valence-electron chi connectivity index (χ4n) is 2.46. The smallest absolute Gasteiger partial charge is 0.143 e. The summed E-state index contributed by atoms with van der Waals surface area (Å²) >= 11 is 0. The highest BCUT2D eigenvalue weighted by Gasteiger charge is 2.26. The van der Waals surface area contributed by atoms with Gasteiger partial charge in [-0.3, -0.25) is 0 Å². The Bertz CT molecular complexity index is 406. The summed E-state index contributed by atoms with van der Waals surface area (Å²) in [4.78, 5) is 0. The molecule has 5 N–H and O–H groups in total. The molecule has 0 unspecified atom stereocenters. The number of aryl methyl sites for hydroxylation is 1. The molecule has 0 aromatic heterocycles. The fraction of sp³-hybridized carbons (Fsp3) is 0.538. The molecular weight excluding hydrogens is 252 g/mol. The van der Waals surface area contributed by atoms with Crippen LogP contribution in [-0.4, -0.2) is 18.3 Å². The summed E-state index contributed by atoms with van der Waals surface area (Å²) in [5.74, 6) is 0.499. The number of benzene rings is 1. The first kappa shape index (κ1) is 15.1. The third-order valence-electron chi connectivity index (χ3n) is 3.57. The minimum Gasteiger partial charge on any atom is -0.505 e. The van der Waals surface area contributed by atoms with Gasteiger partial charge in [-0.15, -0.1) is 12.4 Å². The molecule has 0 radical (unpaired) electrons. The van der Waals surface area contributed by atoms with Crippen molar-refractivity contribution < 1.29 is 9.84 Å². The maximum atomic E-state index is 10.0. The van der Waals surface area contributed by atoms with E-state index < -0.39 is 0 Å². The Balaban J connectivity index is 0.00000162. The van der Waals surface area contributed by atoms with Crippen LogP contribution in [0.25, 0.3) is 0 Å². The minimum absolute atomic E-state index is 0. The summed E-state index contributed by atoms with van der Waals surface area (Å²) in [6, 6.07) is 3.46. The van der Waals surface area contributed by atoms with E-state index in [0.29, 0.717) is 11.6 Å². The molecule has 0 amide bonds. The first-order valence-corrected chi connectivity index (χ1v) is 6.02. The van der Waals surface area contributed by atoms with E-state index >= 15 is 0 Å². The van der Waals surface area contributed by atoms with Crippen LogP contribution >= 0.6 is 12.4 Å². The highest BCUT2D eigenvalue weighted by atomic mass is 35.5. The number of nitrogens with two attached hydrogens (primary N) is 2. The third-order valence-corrected chi connectivity index (χ3v) is 3.57. The van der Waals surface area contributed by atoms with Crippen molar-refractivity contribution in [1.82, 2.24) is 0 Å². The van der Waals surface area contributed by atoms with Crippen molar-refractivity contribution in [2.45, 2.75) is 25.8 Å². The van der Waals surface area contributed by atoms with Gasteiger partial charge in [0, 0.05) is 24.8 Å². The largest absolute Gasteiger partial charge is 0.505 e. The van der Waals surface area contributed by atoms with Crippen LogP contribution in [0, 0.1) is 12.8 Å². The molecule has 1 fully saturated rings. The molecule has 1 aromatic rings. The highest BCUT2D eigenvalue weighted by Crippen LogP contribution is 2.37. The van der Waals surface area contributed by atoms with Crippen LogP contribution in [0.5, 0.6) is 5.75 Å². The number of rotatable bonds is 2. The number of hydrogen-bond donors (Lipinski definition) is 3. The highest BCUT2D eigenvalue weighted by molar-refractivity contribution is 5.85. The lowest BCUT2D eigenvalue weighted by Crippen LogP contribution is -2.28. The Morgan fingerprint density at radius 2 is 1.94 bits per heavy atom. The molecule has 1 aliphatic rings. The Hall–Kier alpha value is -0.970. The zero-order valence-electron chi connectivity index (χ0n) is 10.6. The van der Waals surface area contributed by atoms with Crippen molar-refractivity contribution >= 4 is 18.1 Å². The molecule has 4 nitrogen and oxygen atoms in total. The first-order valence-electron chi connectivity index (χ1n) is 6.02. The van der Waals surface area contributed by atoms with Crippen LogP contribution in [0.15, 0.2) is 12.1 Å². The number of halogens is 1. The maximum absolute atomic E-state index is 10.0. The lowest BCUT2D eigenvalue weighted by atomic mass is 9.85. The van der Waals surface area contributed by atoms with Crippen LogP contribution in [0.4, 0.5) is 5.69 Å². The first-order chi connectivity index (χ1) is 8.11. The zero-order valence-corrected chi connectivity index (χ0v) is 11.4. The molecule has 5 heteroatoms. The zero-order chi connectivity index (χ0) is 12.4. The molecule has 0 bridgehead atoms. The number of phenolic OH excluding ortho intramolecular Hbond substituents is 1. The fourth-order valence-corrected chi connectivity index (χ4v) is 2.46. The van der Waals surface area contributed by atoms with Gasteiger partial charge in [0.25, 0.3) is 0 Å². The summed E-state index contributed by atoms with van der Waals surface area (Å²) in [7, 11) is 0. The van der Waals surface area contributed by atoms with Gasteiger partial charge in [0.2, 0.25) is 0 Å². The van der Waals surface area contributed by atoms with E-state index in [0.717, 1.165) is 37.2 Å². The topological polar surface area (TPSA) is 81.5 Å². The van der Waals surface area contributed by atoms with Gasteiger partial charge in [0.1, 0.15) is 5.75 Å². The molecule has 102 valence electrons. The van der Waals surface area contributed by atoms with Crippen LogP contribution < -0.4 is 11.5 Å². The van der Waals surface area contributed by atoms with Gasteiger partial charge in [0.15, 0.2) is 0 Å². The second-order valence-electron chi connectivity index (χ2n) is 4.71. The van der Waals surface area contributed by atoms with Gasteiger partial charge in [-0.2, -0.15) is 0 Å². The van der Waals surface area contributed by atoms with Crippen LogP contribution in [0.1, 0.15) is 30.0 Å². The average Bonchev–Trinajstić information content (AvgIpc) is 2.35. The maximum Gasteiger partial charge on any atom is 0.143 e. The van der Waals surface area contributed by atoms with E-state index in [2.05, 4.69) is 0 Å². The van der Waals surface area contributed by atoms with Crippen molar-refractivity contribution in [2.75, 3.05) is 18.9 Å². The van der Waals surface area contributed by atoms with E-state index in [1.807, 2.05) is 13.0 Å². The molecule has 1 saturated heterocycles. The van der Waals surface area contributed by atoms with Crippen molar-refractivity contribution in [3.05, 3.63) is 23.3 Å². The molecule has 0 aliphatic carbocycles. The number of ether oxygens (including phenoxy) is 1. The number of phenols is 1. The molecule has 0 saturated carbocycles. The molecule has 0 spiro atoms. The average molecular weight is 273 g/mol. The van der Waals surface area contributed by atoms with E-state index in [-0.39, 0.29) is 24.2 Å². The standard InChI is InChI=1S/C13H20N2O2.ClH/c1-8-2-3-10(14)13(16)11(8)12(15)9-4-6-17-7-5-9;/h2-3,9,12,16H,4-7,14-15H2,1H3;1H/t12-;/m0./s1. The Kier molecular flexibility index (Phi) is 5.26. The van der Waals surface area contributed by atoms with Crippen LogP contribution in [0.3, 0.4) is 0 Å². The van der Waals surface area contributed by atoms with E-state index in [9.17, 15) is 5.11 Å². The quantitative estimate of drug-likeness (QED) is 0.569. The number of hydrogen-bond acceptors (Lipinski definition) is 4. The lowest BCUT2D eigenvalue weighted by Gasteiger charge is -2.29. The molecule has 18 heavy (non-hydrogen) atoms. The summed E-state index contributed by atoms with van der Waals surface area (Å²) < 4.78 is 5.33. The third kappa shape index (κ3) is 2.88. The molecule has 2 rings (SSSR count). The predicted octanol–water partition coefficient (Wildman–Crippen LogP) is 2.13. The van der Waals surface area contributed by atoms with Crippen molar-refractivity contribution in [2.24, 2.45) is 11.7 Å². The van der Waals surface area contributed by atoms with Gasteiger partial charge >= 0.3 is 0 Å². The Labute approximate surface area is 114 Å². The second-order valence-corrected chi connectivity index (χ2v) is 4.71.